The Morgan fingerprint density at radius 2 is 1.25 bits per heavy atom. The van der Waals surface area contributed by atoms with Crippen LogP contribution in [0.15, 0.2) is 36.4 Å². The number of hydroxylamine groups is 1. The van der Waals surface area contributed by atoms with Crippen LogP contribution in [-0.4, -0.2) is 63.3 Å². The molecule has 0 spiro atoms. The normalized spacial score (nSPS) is 10.4. The predicted octanol–water partition coefficient (Wildman–Crippen LogP) is 0.931. The fourth-order valence-corrected chi connectivity index (χ4v) is 2.63. The van der Waals surface area contributed by atoms with Crippen LogP contribution in [0.5, 0.6) is 0 Å². The van der Waals surface area contributed by atoms with Gasteiger partial charge in [0.1, 0.15) is 0 Å². The van der Waals surface area contributed by atoms with Crippen molar-refractivity contribution in [2.24, 2.45) is 0 Å². The first-order valence-corrected chi connectivity index (χ1v) is 8.94. The van der Waals surface area contributed by atoms with E-state index in [1.807, 2.05) is 0 Å². The van der Waals surface area contributed by atoms with Crippen LogP contribution in [-0.2, 0) is 11.4 Å². The SMILES string of the molecule is O=C(O)c1ccc(C(=O)O)c(CONCCNC(=O)c2cc(C(=O)O)ccc2C(=O)O)c1. The molecule has 0 aliphatic heterocycles. The van der Waals surface area contributed by atoms with Crippen LogP contribution < -0.4 is 10.8 Å². The van der Waals surface area contributed by atoms with E-state index < -0.39 is 29.8 Å². The quantitative estimate of drug-likeness (QED) is 0.212. The summed E-state index contributed by atoms with van der Waals surface area (Å²) in [6.07, 6.45) is 0. The topological polar surface area (TPSA) is 200 Å². The van der Waals surface area contributed by atoms with Gasteiger partial charge in [0, 0.05) is 13.1 Å². The molecule has 32 heavy (non-hydrogen) atoms. The van der Waals surface area contributed by atoms with E-state index in [1.165, 1.54) is 0 Å². The summed E-state index contributed by atoms with van der Waals surface area (Å²) in [5.41, 5.74) is 1.39. The Kier molecular flexibility index (Phi) is 7.98. The zero-order chi connectivity index (χ0) is 23.8. The summed E-state index contributed by atoms with van der Waals surface area (Å²) < 4.78 is 0. The Balaban J connectivity index is 1.92. The second-order valence-electron chi connectivity index (χ2n) is 6.29. The fourth-order valence-electron chi connectivity index (χ4n) is 2.63. The van der Waals surface area contributed by atoms with Gasteiger partial charge in [-0.3, -0.25) is 9.63 Å². The Labute approximate surface area is 180 Å². The van der Waals surface area contributed by atoms with Crippen molar-refractivity contribution < 1.29 is 49.2 Å². The lowest BCUT2D eigenvalue weighted by atomic mass is 10.0. The van der Waals surface area contributed by atoms with E-state index in [-0.39, 0.29) is 53.1 Å². The van der Waals surface area contributed by atoms with Crippen molar-refractivity contribution in [3.63, 3.8) is 0 Å². The van der Waals surface area contributed by atoms with Crippen molar-refractivity contribution in [1.29, 1.82) is 0 Å². The molecule has 0 aliphatic carbocycles. The highest BCUT2D eigenvalue weighted by atomic mass is 16.6. The Morgan fingerprint density at radius 3 is 1.81 bits per heavy atom. The molecule has 0 heterocycles. The van der Waals surface area contributed by atoms with Gasteiger partial charge in [0.2, 0.25) is 0 Å². The molecule has 0 atom stereocenters. The Bertz CT molecular complexity index is 1080. The average Bonchev–Trinajstić information content (AvgIpc) is 2.74. The highest BCUT2D eigenvalue weighted by Crippen LogP contribution is 2.14. The van der Waals surface area contributed by atoms with Gasteiger partial charge >= 0.3 is 23.9 Å². The first-order chi connectivity index (χ1) is 15.1. The van der Waals surface area contributed by atoms with Crippen LogP contribution in [0.2, 0.25) is 0 Å². The van der Waals surface area contributed by atoms with E-state index in [4.69, 9.17) is 15.1 Å². The monoisotopic (exact) mass is 446 g/mol. The molecule has 0 fully saturated rings. The highest BCUT2D eigenvalue weighted by molar-refractivity contribution is 6.06. The summed E-state index contributed by atoms with van der Waals surface area (Å²) in [4.78, 5) is 62.0. The molecular weight excluding hydrogens is 428 g/mol. The highest BCUT2D eigenvalue weighted by Gasteiger charge is 2.19. The summed E-state index contributed by atoms with van der Waals surface area (Å²) in [6, 6.07) is 6.51. The number of aromatic carboxylic acids is 4. The molecule has 2 aromatic rings. The lowest BCUT2D eigenvalue weighted by molar-refractivity contribution is 0.0277. The number of nitrogens with one attached hydrogen (secondary N) is 2. The molecule has 168 valence electrons. The molecule has 0 radical (unpaired) electrons. The number of benzene rings is 2. The number of hydrogen-bond donors (Lipinski definition) is 6. The Morgan fingerprint density at radius 1 is 0.688 bits per heavy atom. The van der Waals surface area contributed by atoms with Crippen LogP contribution >= 0.6 is 0 Å². The van der Waals surface area contributed by atoms with Gasteiger partial charge in [0.05, 0.1) is 34.4 Å². The van der Waals surface area contributed by atoms with Gasteiger partial charge in [-0.25, -0.2) is 24.7 Å². The lowest BCUT2D eigenvalue weighted by Crippen LogP contribution is -2.33. The number of carboxylic acid groups (broad SMARTS) is 4. The maximum Gasteiger partial charge on any atom is 0.336 e. The molecule has 2 rings (SSSR count). The third kappa shape index (κ3) is 6.10. The van der Waals surface area contributed by atoms with Gasteiger partial charge in [-0.2, -0.15) is 0 Å². The van der Waals surface area contributed by atoms with Gasteiger partial charge in [0.25, 0.3) is 5.91 Å². The minimum atomic E-state index is -1.40. The fraction of sp³-hybridized carbons (Fsp3) is 0.150. The summed E-state index contributed by atoms with van der Waals surface area (Å²) in [5, 5.41) is 38.8. The van der Waals surface area contributed by atoms with Crippen molar-refractivity contribution in [3.05, 3.63) is 69.8 Å². The largest absolute Gasteiger partial charge is 0.478 e. The van der Waals surface area contributed by atoms with E-state index in [2.05, 4.69) is 10.8 Å². The molecule has 0 bridgehead atoms. The number of hydrogen-bond acceptors (Lipinski definition) is 7. The second kappa shape index (κ2) is 10.7. The molecule has 0 aliphatic rings. The third-order valence-corrected chi connectivity index (χ3v) is 4.17. The van der Waals surface area contributed by atoms with Crippen LogP contribution in [0.3, 0.4) is 0 Å². The van der Waals surface area contributed by atoms with Crippen molar-refractivity contribution >= 4 is 29.8 Å². The van der Waals surface area contributed by atoms with Crippen molar-refractivity contribution in [2.75, 3.05) is 13.1 Å². The first kappa shape index (κ1) is 24.0. The molecule has 0 saturated heterocycles. The third-order valence-electron chi connectivity index (χ3n) is 4.17. The number of amides is 1. The van der Waals surface area contributed by atoms with E-state index in [0.717, 1.165) is 36.4 Å². The molecule has 12 nitrogen and oxygen atoms in total. The van der Waals surface area contributed by atoms with E-state index in [1.54, 1.807) is 0 Å². The van der Waals surface area contributed by atoms with Crippen molar-refractivity contribution in [3.8, 4) is 0 Å². The summed E-state index contributed by atoms with van der Waals surface area (Å²) in [5.74, 6) is -6.02. The van der Waals surface area contributed by atoms with Crippen LogP contribution in [0.1, 0.15) is 57.4 Å². The first-order valence-electron chi connectivity index (χ1n) is 8.94. The van der Waals surface area contributed by atoms with Crippen LogP contribution in [0.25, 0.3) is 0 Å². The van der Waals surface area contributed by atoms with Gasteiger partial charge in [-0.05, 0) is 42.0 Å². The van der Waals surface area contributed by atoms with E-state index in [9.17, 15) is 34.2 Å². The summed E-state index contributed by atoms with van der Waals surface area (Å²) in [7, 11) is 0. The molecule has 0 aromatic heterocycles. The number of carbonyl (C=O) groups excluding carboxylic acids is 1. The number of carbonyl (C=O) groups is 5. The number of rotatable bonds is 11. The maximum atomic E-state index is 12.3. The Hall–Kier alpha value is -4.29. The van der Waals surface area contributed by atoms with Crippen molar-refractivity contribution in [2.45, 2.75) is 6.61 Å². The molecule has 0 unspecified atom stereocenters. The standard InChI is InChI=1S/C20H18N2O10/c23-16(15-8-11(18(26)27)2-4-14(15)20(30)31)21-5-6-22-32-9-12-7-10(17(24)25)1-3-13(12)19(28)29/h1-4,7-8,22H,5-6,9H2,(H,21,23)(H,24,25)(H,26,27)(H,28,29)(H,30,31). The zero-order valence-corrected chi connectivity index (χ0v) is 16.3. The van der Waals surface area contributed by atoms with Crippen LogP contribution in [0, 0.1) is 0 Å². The smallest absolute Gasteiger partial charge is 0.336 e. The molecule has 0 saturated carbocycles. The second-order valence-corrected chi connectivity index (χ2v) is 6.29. The van der Waals surface area contributed by atoms with Gasteiger partial charge in [-0.15, -0.1) is 0 Å². The minimum absolute atomic E-state index is 0.0216. The summed E-state index contributed by atoms with van der Waals surface area (Å²) >= 11 is 0. The van der Waals surface area contributed by atoms with Gasteiger partial charge in [0.15, 0.2) is 0 Å². The molecular formula is C20H18N2O10. The van der Waals surface area contributed by atoms with Crippen molar-refractivity contribution in [1.82, 2.24) is 10.8 Å². The van der Waals surface area contributed by atoms with Gasteiger partial charge in [-0.1, -0.05) is 0 Å². The molecule has 6 N–H and O–H groups in total. The molecule has 12 heteroatoms. The molecule has 1 amide bonds. The average molecular weight is 446 g/mol. The van der Waals surface area contributed by atoms with Crippen LogP contribution in [0.4, 0.5) is 0 Å². The predicted molar refractivity (Wildman–Crippen MR) is 106 cm³/mol. The van der Waals surface area contributed by atoms with E-state index >= 15 is 0 Å². The van der Waals surface area contributed by atoms with E-state index in [0.29, 0.717) is 0 Å². The van der Waals surface area contributed by atoms with Gasteiger partial charge < -0.3 is 25.7 Å². The molecule has 2 aromatic carbocycles. The zero-order valence-electron chi connectivity index (χ0n) is 16.3. The maximum absolute atomic E-state index is 12.3. The number of carboxylic acids is 4. The lowest BCUT2D eigenvalue weighted by Gasteiger charge is -2.11. The summed E-state index contributed by atoms with van der Waals surface area (Å²) in [6.45, 7) is -0.301. The minimum Gasteiger partial charge on any atom is -0.478 e.